The number of nitro benzene ring substituents is 1. The van der Waals surface area contributed by atoms with Crippen molar-refractivity contribution in [1.82, 2.24) is 9.71 Å². The minimum Gasteiger partial charge on any atom is -0.369 e. The Morgan fingerprint density at radius 1 is 1.26 bits per heavy atom. The second-order valence-corrected chi connectivity index (χ2v) is 8.32. The summed E-state index contributed by atoms with van der Waals surface area (Å²) in [6.07, 6.45) is 0. The van der Waals surface area contributed by atoms with E-state index in [9.17, 15) is 23.8 Å². The molecule has 0 aliphatic heterocycles. The number of nitro groups is 1. The van der Waals surface area contributed by atoms with Gasteiger partial charge >= 0.3 is 0 Å². The quantitative estimate of drug-likeness (QED) is 0.351. The highest BCUT2D eigenvalue weighted by Crippen LogP contribution is 2.24. The highest BCUT2D eigenvalue weighted by atomic mass is 32.2. The van der Waals surface area contributed by atoms with Crippen LogP contribution < -0.4 is 10.0 Å². The Balaban J connectivity index is 1.71. The molecule has 3 rings (SSSR count). The van der Waals surface area contributed by atoms with Crippen LogP contribution in [0.2, 0.25) is 0 Å². The molecule has 9 nitrogen and oxygen atoms in total. The molecule has 0 bridgehead atoms. The third kappa shape index (κ3) is 4.20. The first-order chi connectivity index (χ1) is 12.9. The summed E-state index contributed by atoms with van der Waals surface area (Å²) in [4.78, 5) is 14.7. The monoisotopic (exact) mass is 403 g/mol. The molecule has 0 aliphatic carbocycles. The van der Waals surface area contributed by atoms with Crippen molar-refractivity contribution in [2.24, 2.45) is 0 Å². The van der Waals surface area contributed by atoms with Gasteiger partial charge in [-0.05, 0) is 23.6 Å². The van der Waals surface area contributed by atoms with Gasteiger partial charge in [-0.2, -0.15) is 5.26 Å². The van der Waals surface area contributed by atoms with E-state index in [1.165, 1.54) is 30.3 Å². The van der Waals surface area contributed by atoms with E-state index in [2.05, 4.69) is 15.0 Å². The van der Waals surface area contributed by atoms with Crippen LogP contribution in [0.5, 0.6) is 0 Å². The summed E-state index contributed by atoms with van der Waals surface area (Å²) in [6.45, 7) is 0.378. The van der Waals surface area contributed by atoms with Crippen LogP contribution in [0.1, 0.15) is 5.56 Å². The SMILES string of the molecule is N#Cc1cc(NCCNS(=O)(=O)c2cccs2)nc2ccc([N+](=O)[O-])cc12. The maximum Gasteiger partial charge on any atom is 0.270 e. The lowest BCUT2D eigenvalue weighted by molar-refractivity contribution is -0.384. The molecule has 0 saturated carbocycles. The lowest BCUT2D eigenvalue weighted by atomic mass is 10.1. The molecule has 0 fully saturated rings. The zero-order valence-corrected chi connectivity index (χ0v) is 15.4. The summed E-state index contributed by atoms with van der Waals surface area (Å²) in [5.41, 5.74) is 0.552. The molecule has 3 aromatic rings. The van der Waals surface area contributed by atoms with Gasteiger partial charge in [-0.3, -0.25) is 10.1 Å². The fraction of sp³-hybridized carbons (Fsp3) is 0.125. The van der Waals surface area contributed by atoms with Crippen LogP contribution >= 0.6 is 11.3 Å². The van der Waals surface area contributed by atoms with Crippen LogP contribution in [0, 0.1) is 21.4 Å². The molecule has 2 heterocycles. The molecule has 0 atom stereocenters. The van der Waals surface area contributed by atoms with Crippen LogP contribution in [0.4, 0.5) is 11.5 Å². The summed E-state index contributed by atoms with van der Waals surface area (Å²) in [7, 11) is -3.54. The van der Waals surface area contributed by atoms with Crippen molar-refractivity contribution in [3.63, 3.8) is 0 Å². The van der Waals surface area contributed by atoms with Gasteiger partial charge in [-0.15, -0.1) is 11.3 Å². The third-order valence-electron chi connectivity index (χ3n) is 3.61. The van der Waals surface area contributed by atoms with E-state index in [0.717, 1.165) is 11.3 Å². The van der Waals surface area contributed by atoms with Gasteiger partial charge in [0.25, 0.3) is 5.69 Å². The number of pyridine rings is 1. The van der Waals surface area contributed by atoms with Crippen LogP contribution in [0.3, 0.4) is 0 Å². The number of anilines is 1. The molecule has 0 radical (unpaired) electrons. The molecule has 1 aromatic carbocycles. The number of rotatable bonds is 7. The number of sulfonamides is 1. The minimum absolute atomic E-state index is 0.121. The highest BCUT2D eigenvalue weighted by molar-refractivity contribution is 7.91. The Hall–Kier alpha value is -3.07. The molecule has 27 heavy (non-hydrogen) atoms. The van der Waals surface area contributed by atoms with Gasteiger partial charge in [0, 0.05) is 30.6 Å². The Morgan fingerprint density at radius 2 is 2.07 bits per heavy atom. The maximum absolute atomic E-state index is 12.0. The number of fused-ring (bicyclic) bond motifs is 1. The largest absolute Gasteiger partial charge is 0.369 e. The molecule has 2 N–H and O–H groups in total. The van der Waals surface area contributed by atoms with Gasteiger partial charge in [-0.25, -0.2) is 18.1 Å². The first-order valence-corrected chi connectivity index (χ1v) is 10.0. The Kier molecular flexibility index (Phi) is 5.31. The van der Waals surface area contributed by atoms with E-state index in [0.29, 0.717) is 16.7 Å². The molecule has 0 amide bonds. The van der Waals surface area contributed by atoms with E-state index in [4.69, 9.17) is 0 Å². The zero-order chi connectivity index (χ0) is 19.4. The predicted molar refractivity (Wildman–Crippen MR) is 101 cm³/mol. The van der Waals surface area contributed by atoms with Gasteiger partial charge < -0.3 is 5.32 Å². The lowest BCUT2D eigenvalue weighted by Crippen LogP contribution is -2.28. The zero-order valence-electron chi connectivity index (χ0n) is 13.7. The van der Waals surface area contributed by atoms with Crippen LogP contribution in [0.25, 0.3) is 10.9 Å². The Morgan fingerprint density at radius 3 is 2.74 bits per heavy atom. The number of hydrogen-bond donors (Lipinski definition) is 2. The predicted octanol–water partition coefficient (Wildman–Crippen LogP) is 2.47. The van der Waals surface area contributed by atoms with Crippen molar-refractivity contribution in [2.75, 3.05) is 18.4 Å². The number of thiophene rings is 1. The molecule has 0 aliphatic rings. The fourth-order valence-electron chi connectivity index (χ4n) is 2.37. The molecule has 0 spiro atoms. The number of nitrogens with one attached hydrogen (secondary N) is 2. The van der Waals surface area contributed by atoms with Gasteiger partial charge in [-0.1, -0.05) is 6.07 Å². The normalized spacial score (nSPS) is 11.2. The van der Waals surface area contributed by atoms with E-state index < -0.39 is 14.9 Å². The number of nitriles is 1. The number of non-ortho nitro benzene ring substituents is 1. The minimum atomic E-state index is -3.54. The Labute approximate surface area is 158 Å². The molecule has 138 valence electrons. The summed E-state index contributed by atoms with van der Waals surface area (Å²) in [5.74, 6) is 0.378. The van der Waals surface area contributed by atoms with E-state index >= 15 is 0 Å². The van der Waals surface area contributed by atoms with E-state index in [1.807, 2.05) is 6.07 Å². The Bertz CT molecular complexity index is 1140. The van der Waals surface area contributed by atoms with Crippen molar-refractivity contribution >= 4 is 43.8 Å². The molecule has 11 heteroatoms. The van der Waals surface area contributed by atoms with Crippen LogP contribution in [0.15, 0.2) is 46.0 Å². The van der Waals surface area contributed by atoms with E-state index in [-0.39, 0.29) is 28.5 Å². The third-order valence-corrected chi connectivity index (χ3v) is 6.47. The van der Waals surface area contributed by atoms with Gasteiger partial charge in [0.1, 0.15) is 10.0 Å². The summed E-state index contributed by atoms with van der Waals surface area (Å²) < 4.78 is 26.8. The first-order valence-electron chi connectivity index (χ1n) is 7.67. The number of benzene rings is 1. The van der Waals surface area contributed by atoms with E-state index in [1.54, 1.807) is 11.4 Å². The highest BCUT2D eigenvalue weighted by Gasteiger charge is 2.14. The summed E-state index contributed by atoms with van der Waals surface area (Å²) in [5, 5.41) is 25.2. The fourth-order valence-corrected chi connectivity index (χ4v) is 4.44. The average Bonchev–Trinajstić information content (AvgIpc) is 3.20. The summed E-state index contributed by atoms with van der Waals surface area (Å²) >= 11 is 1.13. The molecule has 0 saturated heterocycles. The van der Waals surface area contributed by atoms with Crippen molar-refractivity contribution < 1.29 is 13.3 Å². The van der Waals surface area contributed by atoms with Crippen molar-refractivity contribution in [2.45, 2.75) is 4.21 Å². The molecule has 0 unspecified atom stereocenters. The lowest BCUT2D eigenvalue weighted by Gasteiger charge is -2.09. The van der Waals surface area contributed by atoms with Crippen LogP contribution in [-0.2, 0) is 10.0 Å². The van der Waals surface area contributed by atoms with Gasteiger partial charge in [0.2, 0.25) is 10.0 Å². The molecule has 2 aromatic heterocycles. The smallest absolute Gasteiger partial charge is 0.270 e. The topological polar surface area (TPSA) is 138 Å². The average molecular weight is 403 g/mol. The van der Waals surface area contributed by atoms with Crippen molar-refractivity contribution in [3.8, 4) is 6.07 Å². The number of aromatic nitrogens is 1. The molecular weight excluding hydrogens is 390 g/mol. The number of nitrogens with zero attached hydrogens (tertiary/aromatic N) is 3. The van der Waals surface area contributed by atoms with Crippen molar-refractivity contribution in [3.05, 3.63) is 57.5 Å². The number of hydrogen-bond acceptors (Lipinski definition) is 8. The maximum atomic E-state index is 12.0. The van der Waals surface area contributed by atoms with Crippen LogP contribution in [-0.4, -0.2) is 31.4 Å². The second kappa shape index (κ2) is 7.67. The van der Waals surface area contributed by atoms with Crippen molar-refractivity contribution in [1.29, 1.82) is 5.26 Å². The second-order valence-electron chi connectivity index (χ2n) is 5.38. The first kappa shape index (κ1) is 18.7. The standard InChI is InChI=1S/C16H13N5O4S2/c17-10-11-8-15(20-14-4-3-12(21(22)23)9-13(11)14)18-5-6-19-27(24,25)16-2-1-7-26-16/h1-4,7-9,19H,5-6H2,(H,18,20). The van der Waals surface area contributed by atoms with Gasteiger partial charge in [0.15, 0.2) is 0 Å². The van der Waals surface area contributed by atoms with Gasteiger partial charge in [0.05, 0.1) is 22.1 Å². The summed E-state index contributed by atoms with van der Waals surface area (Å²) in [6, 6.07) is 10.7. The molecular formula is C16H13N5O4S2.